The predicted octanol–water partition coefficient (Wildman–Crippen LogP) is 3.43. The van der Waals surface area contributed by atoms with Gasteiger partial charge in [0, 0.05) is 12.2 Å². The molecule has 0 heterocycles. The molecule has 0 atom stereocenters. The molecule has 0 aliphatic carbocycles. The number of hydrogen-bond acceptors (Lipinski definition) is 2. The van der Waals surface area contributed by atoms with Crippen LogP contribution < -0.4 is 11.5 Å². The Morgan fingerprint density at radius 1 is 0.895 bits per heavy atom. The van der Waals surface area contributed by atoms with Gasteiger partial charge in [0.25, 0.3) is 0 Å². The highest BCUT2D eigenvalue weighted by molar-refractivity contribution is 5.41. The fourth-order valence-electron chi connectivity index (χ4n) is 1.33. The zero-order valence-corrected chi connectivity index (χ0v) is 10.2. The second-order valence-corrected chi connectivity index (χ2v) is 3.81. The van der Waals surface area contributed by atoms with E-state index < -0.39 is 11.7 Å². The molecule has 0 amide bonds. The Hall–Kier alpha value is -2.01. The number of hydrogen-bond donors (Lipinski definition) is 2. The molecule has 0 bridgehead atoms. The van der Waals surface area contributed by atoms with E-state index in [0.717, 1.165) is 12.1 Å². The smallest absolute Gasteiger partial charge is 0.399 e. The third-order valence-corrected chi connectivity index (χ3v) is 2.29. The third kappa shape index (κ3) is 5.44. The van der Waals surface area contributed by atoms with Crippen molar-refractivity contribution in [3.63, 3.8) is 0 Å². The zero-order chi connectivity index (χ0) is 14.3. The van der Waals surface area contributed by atoms with Crippen LogP contribution in [0.15, 0.2) is 54.6 Å². The summed E-state index contributed by atoms with van der Waals surface area (Å²) in [4.78, 5) is 0. The van der Waals surface area contributed by atoms with E-state index in [-0.39, 0.29) is 5.69 Å². The number of alkyl halides is 3. The van der Waals surface area contributed by atoms with Crippen LogP contribution in [0.2, 0.25) is 0 Å². The van der Waals surface area contributed by atoms with Gasteiger partial charge in [0.05, 0.1) is 5.56 Å². The van der Waals surface area contributed by atoms with Crippen molar-refractivity contribution in [2.24, 2.45) is 5.73 Å². The Morgan fingerprint density at radius 2 is 1.53 bits per heavy atom. The molecule has 0 spiro atoms. The van der Waals surface area contributed by atoms with Crippen LogP contribution in [0.5, 0.6) is 0 Å². The number of rotatable bonds is 1. The minimum Gasteiger partial charge on any atom is -0.399 e. The van der Waals surface area contributed by atoms with Gasteiger partial charge in [0.2, 0.25) is 0 Å². The van der Waals surface area contributed by atoms with Gasteiger partial charge in [-0.25, -0.2) is 0 Å². The number of benzene rings is 2. The van der Waals surface area contributed by atoms with Gasteiger partial charge < -0.3 is 11.5 Å². The first-order valence-electron chi connectivity index (χ1n) is 5.60. The van der Waals surface area contributed by atoms with Gasteiger partial charge >= 0.3 is 6.18 Å². The first-order chi connectivity index (χ1) is 8.93. The van der Waals surface area contributed by atoms with Crippen LogP contribution >= 0.6 is 0 Å². The predicted molar refractivity (Wildman–Crippen MR) is 70.2 cm³/mol. The largest absolute Gasteiger partial charge is 0.416 e. The molecule has 5 heteroatoms. The van der Waals surface area contributed by atoms with Crippen LogP contribution in [0, 0.1) is 0 Å². The molecule has 102 valence electrons. The van der Waals surface area contributed by atoms with Crippen molar-refractivity contribution in [3.05, 3.63) is 65.7 Å². The maximum absolute atomic E-state index is 11.9. The molecule has 4 N–H and O–H groups in total. The zero-order valence-electron chi connectivity index (χ0n) is 10.2. The SMILES string of the molecule is NCc1ccccc1.Nc1cccc(C(F)(F)F)c1. The second-order valence-electron chi connectivity index (χ2n) is 3.81. The molecule has 0 saturated carbocycles. The molecule has 0 unspecified atom stereocenters. The molecular formula is C14H15F3N2. The standard InChI is InChI=1S/C7H6F3N.C7H9N/c8-7(9,10)5-2-1-3-6(11)4-5;8-6-7-4-2-1-3-5-7/h1-4H,11H2;1-5H,6,8H2. The van der Waals surface area contributed by atoms with Crippen LogP contribution in [0.3, 0.4) is 0 Å². The first-order valence-corrected chi connectivity index (χ1v) is 5.60. The molecule has 0 radical (unpaired) electrons. The van der Waals surface area contributed by atoms with Crippen LogP contribution in [0.25, 0.3) is 0 Å². The second kappa shape index (κ2) is 6.80. The topological polar surface area (TPSA) is 52.0 Å². The molecule has 0 saturated heterocycles. The van der Waals surface area contributed by atoms with Crippen LogP contribution in [-0.2, 0) is 12.7 Å². The van der Waals surface area contributed by atoms with Gasteiger partial charge in [-0.15, -0.1) is 0 Å². The van der Waals surface area contributed by atoms with Crippen LogP contribution in [-0.4, -0.2) is 0 Å². The maximum Gasteiger partial charge on any atom is 0.416 e. The summed E-state index contributed by atoms with van der Waals surface area (Å²) in [5.41, 5.74) is 11.1. The van der Waals surface area contributed by atoms with Crippen LogP contribution in [0.1, 0.15) is 11.1 Å². The summed E-state index contributed by atoms with van der Waals surface area (Å²) in [6, 6.07) is 14.6. The fraction of sp³-hybridized carbons (Fsp3) is 0.143. The lowest BCUT2D eigenvalue weighted by Gasteiger charge is -2.05. The summed E-state index contributed by atoms with van der Waals surface area (Å²) in [6.45, 7) is 0.640. The van der Waals surface area contributed by atoms with Crippen LogP contribution in [0.4, 0.5) is 18.9 Å². The van der Waals surface area contributed by atoms with Crippen molar-refractivity contribution < 1.29 is 13.2 Å². The fourth-order valence-corrected chi connectivity index (χ4v) is 1.33. The highest BCUT2D eigenvalue weighted by atomic mass is 19.4. The van der Waals surface area contributed by atoms with E-state index in [1.54, 1.807) is 0 Å². The Labute approximate surface area is 109 Å². The minimum atomic E-state index is -4.30. The van der Waals surface area contributed by atoms with E-state index in [1.165, 1.54) is 17.7 Å². The summed E-state index contributed by atoms with van der Waals surface area (Å²) in [5.74, 6) is 0. The number of nitrogens with two attached hydrogens (primary N) is 2. The average Bonchev–Trinajstić information content (AvgIpc) is 2.39. The lowest BCUT2D eigenvalue weighted by Crippen LogP contribution is -2.04. The lowest BCUT2D eigenvalue weighted by molar-refractivity contribution is -0.137. The molecule has 2 aromatic carbocycles. The van der Waals surface area contributed by atoms with Crippen molar-refractivity contribution in [1.82, 2.24) is 0 Å². The molecule has 0 aliphatic heterocycles. The normalized spacial score (nSPS) is 10.5. The van der Waals surface area contributed by atoms with Gasteiger partial charge in [-0.05, 0) is 23.8 Å². The van der Waals surface area contributed by atoms with Crippen molar-refractivity contribution in [3.8, 4) is 0 Å². The van der Waals surface area contributed by atoms with E-state index >= 15 is 0 Å². The Balaban J connectivity index is 0.000000200. The monoisotopic (exact) mass is 268 g/mol. The Kier molecular flexibility index (Phi) is 5.38. The molecule has 0 aromatic heterocycles. The Bertz CT molecular complexity index is 496. The van der Waals surface area contributed by atoms with Crippen molar-refractivity contribution in [2.75, 3.05) is 5.73 Å². The maximum atomic E-state index is 11.9. The number of nitrogen functional groups attached to an aromatic ring is 1. The summed E-state index contributed by atoms with van der Waals surface area (Å²) in [5, 5.41) is 0. The molecule has 19 heavy (non-hydrogen) atoms. The molecule has 2 aromatic rings. The number of anilines is 1. The minimum absolute atomic E-state index is 0.125. The van der Waals surface area contributed by atoms with Gasteiger partial charge in [-0.2, -0.15) is 13.2 Å². The van der Waals surface area contributed by atoms with E-state index in [2.05, 4.69) is 0 Å². The van der Waals surface area contributed by atoms with E-state index in [9.17, 15) is 13.2 Å². The summed E-state index contributed by atoms with van der Waals surface area (Å²) < 4.78 is 35.7. The van der Waals surface area contributed by atoms with Gasteiger partial charge in [0.1, 0.15) is 0 Å². The first kappa shape index (κ1) is 15.0. The van der Waals surface area contributed by atoms with Crippen molar-refractivity contribution >= 4 is 5.69 Å². The average molecular weight is 268 g/mol. The van der Waals surface area contributed by atoms with Gasteiger partial charge in [-0.1, -0.05) is 36.4 Å². The summed E-state index contributed by atoms with van der Waals surface area (Å²) in [7, 11) is 0. The Morgan fingerprint density at radius 3 is 1.89 bits per heavy atom. The molecule has 2 nitrogen and oxygen atoms in total. The quantitative estimate of drug-likeness (QED) is 0.778. The summed E-state index contributed by atoms with van der Waals surface area (Å²) in [6.07, 6.45) is -4.30. The van der Waals surface area contributed by atoms with Gasteiger partial charge in [0.15, 0.2) is 0 Å². The number of halogens is 3. The van der Waals surface area contributed by atoms with E-state index in [1.807, 2.05) is 30.3 Å². The highest BCUT2D eigenvalue weighted by Gasteiger charge is 2.30. The third-order valence-electron chi connectivity index (χ3n) is 2.29. The molecule has 0 aliphatic rings. The van der Waals surface area contributed by atoms with Gasteiger partial charge in [-0.3, -0.25) is 0 Å². The molecule has 0 fully saturated rings. The lowest BCUT2D eigenvalue weighted by atomic mass is 10.2. The molecular weight excluding hydrogens is 253 g/mol. The van der Waals surface area contributed by atoms with Crippen molar-refractivity contribution in [1.29, 1.82) is 0 Å². The highest BCUT2D eigenvalue weighted by Crippen LogP contribution is 2.29. The summed E-state index contributed by atoms with van der Waals surface area (Å²) >= 11 is 0. The van der Waals surface area contributed by atoms with E-state index in [4.69, 9.17) is 11.5 Å². The molecule has 2 rings (SSSR count). The van der Waals surface area contributed by atoms with E-state index in [0.29, 0.717) is 6.54 Å². The van der Waals surface area contributed by atoms with Crippen molar-refractivity contribution in [2.45, 2.75) is 12.7 Å².